The molecule has 0 bridgehead atoms. The summed E-state index contributed by atoms with van der Waals surface area (Å²) < 4.78 is 5.77. The number of ether oxygens (including phenoxy) is 1. The van der Waals surface area contributed by atoms with E-state index in [-0.39, 0.29) is 31.4 Å². The van der Waals surface area contributed by atoms with E-state index in [4.69, 9.17) is 4.74 Å². The number of H-pyrrole nitrogens is 1. The highest BCUT2D eigenvalue weighted by Gasteiger charge is 2.38. The molecule has 1 aliphatic carbocycles. The summed E-state index contributed by atoms with van der Waals surface area (Å²) in [7, 11) is 0. The normalized spacial score (nSPS) is 19.7. The number of aromatic nitrogens is 1. The second-order valence-corrected chi connectivity index (χ2v) is 10.6. The highest BCUT2D eigenvalue weighted by Crippen LogP contribution is 2.27. The number of carbonyl (C=O) groups excluding carboxylic acids is 2. The number of aromatic amines is 1. The van der Waals surface area contributed by atoms with E-state index in [1.54, 1.807) is 6.92 Å². The zero-order valence-corrected chi connectivity index (χ0v) is 22.0. The van der Waals surface area contributed by atoms with Crippen molar-refractivity contribution >= 4 is 28.9 Å². The van der Waals surface area contributed by atoms with Crippen molar-refractivity contribution in [2.75, 3.05) is 6.54 Å². The van der Waals surface area contributed by atoms with E-state index in [1.165, 1.54) is 0 Å². The number of hydrogen-bond acceptors (Lipinski definition) is 4. The van der Waals surface area contributed by atoms with Gasteiger partial charge in [-0.25, -0.2) is 4.79 Å². The topological polar surface area (TPSA) is 121 Å². The van der Waals surface area contributed by atoms with Crippen LogP contribution in [0.15, 0.2) is 60.8 Å². The number of carboxylic acids is 1. The highest BCUT2D eigenvalue weighted by atomic mass is 16.6. The maximum absolute atomic E-state index is 13.6. The molecule has 1 aliphatic rings. The molecule has 4 atom stereocenters. The Morgan fingerprint density at radius 2 is 1.79 bits per heavy atom. The first-order chi connectivity index (χ1) is 18.2. The summed E-state index contributed by atoms with van der Waals surface area (Å²) in [6.45, 7) is 3.67. The zero-order chi connectivity index (χ0) is 27.1. The molecule has 1 fully saturated rings. The predicted octanol–water partition coefficient (Wildman–Crippen LogP) is 4.83. The molecule has 4 N–H and O–H groups in total. The number of nitrogens with one attached hydrogen (secondary N) is 3. The molecule has 38 heavy (non-hydrogen) atoms. The lowest BCUT2D eigenvalue weighted by Gasteiger charge is -2.33. The molecule has 8 heteroatoms. The van der Waals surface area contributed by atoms with E-state index >= 15 is 0 Å². The minimum atomic E-state index is -1.37. The number of benzene rings is 2. The third-order valence-electron chi connectivity index (χ3n) is 7.57. The van der Waals surface area contributed by atoms with Gasteiger partial charge >= 0.3 is 12.1 Å². The van der Waals surface area contributed by atoms with E-state index in [9.17, 15) is 19.5 Å². The maximum Gasteiger partial charge on any atom is 0.408 e. The lowest BCUT2D eigenvalue weighted by Crippen LogP contribution is -2.59. The van der Waals surface area contributed by atoms with Crippen molar-refractivity contribution in [2.24, 2.45) is 11.8 Å². The molecule has 0 saturated heterocycles. The molecule has 1 unspecified atom stereocenters. The predicted molar refractivity (Wildman–Crippen MR) is 146 cm³/mol. The van der Waals surface area contributed by atoms with Gasteiger partial charge in [-0.1, -0.05) is 61.9 Å². The van der Waals surface area contributed by atoms with E-state index in [0.717, 1.165) is 47.7 Å². The van der Waals surface area contributed by atoms with Gasteiger partial charge in [0.1, 0.15) is 11.6 Å². The second kappa shape index (κ2) is 12.2. The molecule has 202 valence electrons. The van der Waals surface area contributed by atoms with Gasteiger partial charge in [0.2, 0.25) is 5.91 Å². The molecule has 0 spiro atoms. The average Bonchev–Trinajstić information content (AvgIpc) is 3.30. The smallest absolute Gasteiger partial charge is 0.408 e. The van der Waals surface area contributed by atoms with Gasteiger partial charge in [0, 0.05) is 30.1 Å². The standard InChI is InChI=1S/C30H37N3O5/c1-20-10-6-9-15-26(20)38-29(37)33-30(2,17-23-19-31-25-14-8-7-13-24(23)25)28(36)32-18-22(27(34)35)16-21-11-4-3-5-12-21/h3-5,7-8,11-14,19-20,22,26,31H,6,9-10,15-18H2,1-2H3,(H,32,36)(H,33,37)(H,34,35)/t20-,22?,26-,30+/m0/s1. The lowest BCUT2D eigenvalue weighted by molar-refractivity contribution is -0.141. The first kappa shape index (κ1) is 27.2. The monoisotopic (exact) mass is 519 g/mol. The van der Waals surface area contributed by atoms with Crippen LogP contribution in [-0.4, -0.2) is 46.2 Å². The van der Waals surface area contributed by atoms with Crippen LogP contribution in [0.25, 0.3) is 10.9 Å². The van der Waals surface area contributed by atoms with Crippen molar-refractivity contribution < 1.29 is 24.2 Å². The van der Waals surface area contributed by atoms with Gasteiger partial charge < -0.3 is 25.5 Å². The molecule has 2 amide bonds. The number of amides is 2. The van der Waals surface area contributed by atoms with Crippen LogP contribution in [-0.2, 0) is 27.2 Å². The molecule has 0 radical (unpaired) electrons. The van der Waals surface area contributed by atoms with Crippen molar-refractivity contribution in [2.45, 2.75) is 64.0 Å². The first-order valence-electron chi connectivity index (χ1n) is 13.3. The van der Waals surface area contributed by atoms with Crippen LogP contribution in [0.2, 0.25) is 0 Å². The number of carbonyl (C=O) groups is 3. The quantitative estimate of drug-likeness (QED) is 0.306. The Hall–Kier alpha value is -3.81. The van der Waals surface area contributed by atoms with E-state index in [0.29, 0.717) is 0 Å². The Balaban J connectivity index is 1.51. The number of fused-ring (bicyclic) bond motifs is 1. The maximum atomic E-state index is 13.6. The van der Waals surface area contributed by atoms with E-state index in [2.05, 4.69) is 22.5 Å². The van der Waals surface area contributed by atoms with Gasteiger partial charge in [0.15, 0.2) is 0 Å². The number of rotatable bonds is 10. The molecule has 1 heterocycles. The van der Waals surface area contributed by atoms with Crippen molar-refractivity contribution in [3.8, 4) is 0 Å². The molecular weight excluding hydrogens is 482 g/mol. The van der Waals surface area contributed by atoms with Gasteiger partial charge in [-0.2, -0.15) is 0 Å². The van der Waals surface area contributed by atoms with Gasteiger partial charge in [-0.05, 0) is 55.7 Å². The van der Waals surface area contributed by atoms with Crippen LogP contribution in [0, 0.1) is 11.8 Å². The molecule has 1 aromatic heterocycles. The van der Waals surface area contributed by atoms with Gasteiger partial charge in [0.05, 0.1) is 5.92 Å². The zero-order valence-electron chi connectivity index (χ0n) is 22.0. The number of para-hydroxylation sites is 1. The minimum Gasteiger partial charge on any atom is -0.481 e. The Morgan fingerprint density at radius 1 is 1.08 bits per heavy atom. The first-order valence-corrected chi connectivity index (χ1v) is 13.3. The average molecular weight is 520 g/mol. The van der Waals surface area contributed by atoms with Crippen LogP contribution in [0.4, 0.5) is 4.79 Å². The molecule has 8 nitrogen and oxygen atoms in total. The van der Waals surface area contributed by atoms with Crippen LogP contribution in [0.1, 0.15) is 50.7 Å². The van der Waals surface area contributed by atoms with Crippen molar-refractivity contribution in [1.29, 1.82) is 0 Å². The Labute approximate surface area is 223 Å². The third kappa shape index (κ3) is 6.73. The summed E-state index contributed by atoms with van der Waals surface area (Å²) in [6.07, 6.45) is 5.43. The summed E-state index contributed by atoms with van der Waals surface area (Å²) in [5, 5.41) is 16.4. The minimum absolute atomic E-state index is 0.0665. The fraction of sp³-hybridized carbons (Fsp3) is 0.433. The molecule has 0 aliphatic heterocycles. The number of hydrogen-bond donors (Lipinski definition) is 4. The highest BCUT2D eigenvalue weighted by molar-refractivity contribution is 5.91. The van der Waals surface area contributed by atoms with Crippen molar-refractivity contribution in [1.82, 2.24) is 15.6 Å². The second-order valence-electron chi connectivity index (χ2n) is 10.6. The summed E-state index contributed by atoms with van der Waals surface area (Å²) in [5.74, 6) is -2.01. The van der Waals surface area contributed by atoms with Gasteiger partial charge in [-0.3, -0.25) is 9.59 Å². The van der Waals surface area contributed by atoms with Crippen LogP contribution in [0.5, 0.6) is 0 Å². The fourth-order valence-electron chi connectivity index (χ4n) is 5.25. The largest absolute Gasteiger partial charge is 0.481 e. The third-order valence-corrected chi connectivity index (χ3v) is 7.57. The molecule has 2 aromatic carbocycles. The Morgan fingerprint density at radius 3 is 2.53 bits per heavy atom. The van der Waals surface area contributed by atoms with Gasteiger partial charge in [0.25, 0.3) is 0 Å². The van der Waals surface area contributed by atoms with E-state index < -0.39 is 29.4 Å². The molecule has 1 saturated carbocycles. The Bertz CT molecular complexity index is 1260. The summed E-state index contributed by atoms with van der Waals surface area (Å²) in [5.41, 5.74) is 1.30. The van der Waals surface area contributed by atoms with Crippen LogP contribution in [0.3, 0.4) is 0 Å². The number of alkyl carbamates (subject to hydrolysis) is 1. The SMILES string of the molecule is C[C@H]1CCCC[C@@H]1OC(=O)N[C@](C)(Cc1c[nH]c2ccccc12)C(=O)NCC(Cc1ccccc1)C(=O)O. The summed E-state index contributed by atoms with van der Waals surface area (Å²) in [4.78, 5) is 41.8. The fourth-order valence-corrected chi connectivity index (χ4v) is 5.25. The summed E-state index contributed by atoms with van der Waals surface area (Å²) >= 11 is 0. The van der Waals surface area contributed by atoms with Crippen LogP contribution < -0.4 is 10.6 Å². The lowest BCUT2D eigenvalue weighted by atomic mass is 9.88. The van der Waals surface area contributed by atoms with Crippen molar-refractivity contribution in [3.05, 3.63) is 71.9 Å². The number of aliphatic carboxylic acids is 1. The van der Waals surface area contributed by atoms with Crippen LogP contribution >= 0.6 is 0 Å². The molecular formula is C30H37N3O5. The molecule has 4 rings (SSSR count). The van der Waals surface area contributed by atoms with E-state index in [1.807, 2.05) is 60.8 Å². The van der Waals surface area contributed by atoms with Crippen molar-refractivity contribution in [3.63, 3.8) is 0 Å². The summed E-state index contributed by atoms with van der Waals surface area (Å²) in [6, 6.07) is 17.1. The number of carboxylic acid groups (broad SMARTS) is 1. The van der Waals surface area contributed by atoms with Gasteiger partial charge in [-0.15, -0.1) is 0 Å². The molecule has 3 aromatic rings. The Kier molecular flexibility index (Phi) is 8.71.